The quantitative estimate of drug-likeness (QED) is 0.911. The van der Waals surface area contributed by atoms with Crippen LogP contribution in [0.4, 0.5) is 0 Å². The molecule has 1 saturated heterocycles. The van der Waals surface area contributed by atoms with E-state index in [1.54, 1.807) is 4.90 Å². The van der Waals surface area contributed by atoms with Crippen LogP contribution in [0.1, 0.15) is 12.2 Å². The van der Waals surface area contributed by atoms with Crippen LogP contribution in [0.5, 0.6) is 0 Å². The van der Waals surface area contributed by atoms with E-state index in [0.29, 0.717) is 6.54 Å². The van der Waals surface area contributed by atoms with Crippen molar-refractivity contribution in [2.45, 2.75) is 13.0 Å². The van der Waals surface area contributed by atoms with Gasteiger partial charge in [0.2, 0.25) is 5.91 Å². The summed E-state index contributed by atoms with van der Waals surface area (Å²) in [5, 5.41) is 3.24. The average molecular weight is 272 g/mol. The lowest BCUT2D eigenvalue weighted by molar-refractivity contribution is -0.134. The molecule has 0 bridgehead atoms. The summed E-state index contributed by atoms with van der Waals surface area (Å²) in [4.78, 5) is 18.7. The molecule has 1 aromatic heterocycles. The van der Waals surface area contributed by atoms with E-state index >= 15 is 0 Å². The number of amides is 1. The van der Waals surface area contributed by atoms with Gasteiger partial charge >= 0.3 is 0 Å². The van der Waals surface area contributed by atoms with Crippen molar-refractivity contribution >= 4 is 16.9 Å². The number of hydrogen-bond acceptors (Lipinski definition) is 3. The van der Waals surface area contributed by atoms with Crippen molar-refractivity contribution in [2.75, 3.05) is 20.1 Å². The Morgan fingerprint density at radius 2 is 2.30 bits per heavy atom. The minimum absolute atomic E-state index is 0.120. The van der Waals surface area contributed by atoms with Crippen molar-refractivity contribution in [3.63, 3.8) is 0 Å². The number of carbonyl (C=O) groups excluding carboxylic acids is 1. The largest absolute Gasteiger partial charge is 0.338 e. The lowest BCUT2D eigenvalue weighted by Crippen LogP contribution is -2.34. The number of nitrogens with zero attached hydrogens (tertiary/aromatic N) is 3. The number of para-hydroxylation sites is 2. The van der Waals surface area contributed by atoms with Gasteiger partial charge in [-0.3, -0.25) is 4.79 Å². The van der Waals surface area contributed by atoms with E-state index < -0.39 is 0 Å². The Bertz CT molecular complexity index is 628. The van der Waals surface area contributed by atoms with Crippen LogP contribution >= 0.6 is 0 Å². The normalized spacial score (nSPS) is 18.6. The molecular weight excluding hydrogens is 252 g/mol. The predicted octanol–water partition coefficient (Wildman–Crippen LogP) is 1.14. The van der Waals surface area contributed by atoms with Crippen LogP contribution in [0, 0.1) is 5.92 Å². The summed E-state index contributed by atoms with van der Waals surface area (Å²) in [5.74, 6) is 1.25. The molecule has 1 fully saturated rings. The van der Waals surface area contributed by atoms with Gasteiger partial charge in [0.1, 0.15) is 5.82 Å². The summed E-state index contributed by atoms with van der Waals surface area (Å²) in [7, 11) is 3.86. The molecule has 1 amide bonds. The predicted molar refractivity (Wildman–Crippen MR) is 78.2 cm³/mol. The second-order valence-electron chi connectivity index (χ2n) is 5.46. The third kappa shape index (κ3) is 2.29. The number of aryl methyl sites for hydroxylation is 1. The van der Waals surface area contributed by atoms with Crippen molar-refractivity contribution in [1.82, 2.24) is 19.8 Å². The third-order valence-corrected chi connectivity index (χ3v) is 4.04. The fourth-order valence-electron chi connectivity index (χ4n) is 2.80. The van der Waals surface area contributed by atoms with Gasteiger partial charge in [0, 0.05) is 20.6 Å². The number of rotatable bonds is 3. The first kappa shape index (κ1) is 13.1. The van der Waals surface area contributed by atoms with Crippen LogP contribution in [0.25, 0.3) is 11.0 Å². The van der Waals surface area contributed by atoms with Gasteiger partial charge in [-0.05, 0) is 25.1 Å². The van der Waals surface area contributed by atoms with Crippen LogP contribution in [0.2, 0.25) is 0 Å². The van der Waals surface area contributed by atoms with E-state index in [1.165, 1.54) is 0 Å². The lowest BCUT2D eigenvalue weighted by Gasteiger charge is -2.20. The molecule has 1 aliphatic rings. The van der Waals surface area contributed by atoms with Gasteiger partial charge in [0.05, 0.1) is 23.5 Å². The molecule has 20 heavy (non-hydrogen) atoms. The van der Waals surface area contributed by atoms with Gasteiger partial charge in [0.25, 0.3) is 0 Å². The monoisotopic (exact) mass is 272 g/mol. The number of hydrogen-bond donors (Lipinski definition) is 1. The maximum Gasteiger partial charge on any atom is 0.227 e. The summed E-state index contributed by atoms with van der Waals surface area (Å²) in [6.45, 7) is 2.29. The molecule has 106 valence electrons. The number of nitrogens with one attached hydrogen (secondary N) is 1. The first-order chi connectivity index (χ1) is 9.66. The molecule has 3 rings (SSSR count). The van der Waals surface area contributed by atoms with Crippen molar-refractivity contribution in [3.8, 4) is 0 Å². The Kier molecular flexibility index (Phi) is 3.44. The molecule has 0 radical (unpaired) electrons. The summed E-state index contributed by atoms with van der Waals surface area (Å²) in [5.41, 5.74) is 2.08. The van der Waals surface area contributed by atoms with Gasteiger partial charge < -0.3 is 14.8 Å². The number of fused-ring (bicyclic) bond motifs is 1. The maximum atomic E-state index is 12.3. The Labute approximate surface area is 118 Å². The number of benzene rings is 1. The highest BCUT2D eigenvalue weighted by Crippen LogP contribution is 2.17. The van der Waals surface area contributed by atoms with E-state index in [1.807, 2.05) is 32.3 Å². The average Bonchev–Trinajstić information content (AvgIpc) is 3.08. The first-order valence-electron chi connectivity index (χ1n) is 7.03. The second-order valence-corrected chi connectivity index (χ2v) is 5.46. The fraction of sp³-hybridized carbons (Fsp3) is 0.467. The Hall–Kier alpha value is -1.88. The summed E-state index contributed by atoms with van der Waals surface area (Å²) >= 11 is 0. The molecule has 5 nitrogen and oxygen atoms in total. The van der Waals surface area contributed by atoms with E-state index in [9.17, 15) is 4.79 Å². The molecule has 0 spiro atoms. The molecule has 2 aromatic rings. The number of imidazole rings is 1. The second kappa shape index (κ2) is 5.25. The zero-order valence-corrected chi connectivity index (χ0v) is 12.0. The van der Waals surface area contributed by atoms with Crippen LogP contribution in [0.3, 0.4) is 0 Å². The first-order valence-corrected chi connectivity index (χ1v) is 7.03. The highest BCUT2D eigenvalue weighted by molar-refractivity contribution is 5.79. The van der Waals surface area contributed by atoms with Crippen LogP contribution in [-0.4, -0.2) is 40.5 Å². The summed E-state index contributed by atoms with van der Waals surface area (Å²) in [6.07, 6.45) is 0.936. The Morgan fingerprint density at radius 3 is 3.00 bits per heavy atom. The van der Waals surface area contributed by atoms with Gasteiger partial charge in [0.15, 0.2) is 0 Å². The molecular formula is C15H20N4O. The summed E-state index contributed by atoms with van der Waals surface area (Å²) in [6, 6.07) is 8.04. The van der Waals surface area contributed by atoms with E-state index in [4.69, 9.17) is 0 Å². The SMILES string of the molecule is CN(Cc1nc2ccccc2n1C)C(=O)C1CCNC1. The topological polar surface area (TPSA) is 50.2 Å². The van der Waals surface area contributed by atoms with Crippen molar-refractivity contribution in [2.24, 2.45) is 13.0 Å². The molecule has 2 heterocycles. The van der Waals surface area contributed by atoms with E-state index in [2.05, 4.69) is 20.9 Å². The molecule has 1 unspecified atom stereocenters. The lowest BCUT2D eigenvalue weighted by atomic mass is 10.1. The van der Waals surface area contributed by atoms with Crippen LogP contribution < -0.4 is 5.32 Å². The Morgan fingerprint density at radius 1 is 1.50 bits per heavy atom. The number of carbonyl (C=O) groups is 1. The van der Waals surface area contributed by atoms with E-state index in [0.717, 1.165) is 36.4 Å². The minimum atomic E-state index is 0.120. The highest BCUT2D eigenvalue weighted by Gasteiger charge is 2.25. The van der Waals surface area contributed by atoms with Crippen molar-refractivity contribution in [3.05, 3.63) is 30.1 Å². The summed E-state index contributed by atoms with van der Waals surface area (Å²) < 4.78 is 2.06. The van der Waals surface area contributed by atoms with E-state index in [-0.39, 0.29) is 11.8 Å². The standard InChI is InChI=1S/C15H20N4O/c1-18(15(20)11-7-8-16-9-11)10-14-17-12-5-3-4-6-13(12)19(14)2/h3-6,11,16H,7-10H2,1-2H3. The minimum Gasteiger partial charge on any atom is -0.338 e. The van der Waals surface area contributed by atoms with Gasteiger partial charge in [-0.2, -0.15) is 0 Å². The van der Waals surface area contributed by atoms with Gasteiger partial charge in [-0.1, -0.05) is 12.1 Å². The van der Waals surface area contributed by atoms with Crippen molar-refractivity contribution in [1.29, 1.82) is 0 Å². The maximum absolute atomic E-state index is 12.3. The zero-order chi connectivity index (χ0) is 14.1. The molecule has 1 aliphatic heterocycles. The highest BCUT2D eigenvalue weighted by atomic mass is 16.2. The Balaban J connectivity index is 1.78. The van der Waals surface area contributed by atoms with Crippen LogP contribution in [0.15, 0.2) is 24.3 Å². The molecule has 1 N–H and O–H groups in total. The molecule has 0 saturated carbocycles. The number of aromatic nitrogens is 2. The van der Waals surface area contributed by atoms with Crippen LogP contribution in [-0.2, 0) is 18.4 Å². The molecule has 1 atom stereocenters. The smallest absolute Gasteiger partial charge is 0.227 e. The zero-order valence-electron chi connectivity index (χ0n) is 12.0. The van der Waals surface area contributed by atoms with Gasteiger partial charge in [-0.15, -0.1) is 0 Å². The van der Waals surface area contributed by atoms with Gasteiger partial charge in [-0.25, -0.2) is 4.98 Å². The molecule has 5 heteroatoms. The fourth-order valence-corrected chi connectivity index (χ4v) is 2.80. The van der Waals surface area contributed by atoms with Crippen molar-refractivity contribution < 1.29 is 4.79 Å². The third-order valence-electron chi connectivity index (χ3n) is 4.04. The molecule has 0 aliphatic carbocycles. The molecule has 1 aromatic carbocycles.